The molecule has 0 aliphatic heterocycles. The van der Waals surface area contributed by atoms with Crippen molar-refractivity contribution in [3.8, 4) is 0 Å². The lowest BCUT2D eigenvalue weighted by Gasteiger charge is -2.10. The molecule has 0 radical (unpaired) electrons. The number of Topliss-reactive ketones (excluding diaryl/α,β-unsaturated/α-hetero) is 1. The fourth-order valence-electron chi connectivity index (χ4n) is 1.03. The largest absolute Gasteiger partial charge is 0.370 e. The Labute approximate surface area is 89.8 Å². The Hall–Kier alpha value is -0.510. The highest BCUT2D eigenvalue weighted by molar-refractivity contribution is 7.99. The Morgan fingerprint density at radius 2 is 2.07 bits per heavy atom. The molecular formula is C10H19NO2S. The molecule has 0 heterocycles. The summed E-state index contributed by atoms with van der Waals surface area (Å²) in [5.74, 6) is 1.26. The molecule has 0 fully saturated rings. The van der Waals surface area contributed by atoms with Crippen molar-refractivity contribution in [3.05, 3.63) is 0 Å². The van der Waals surface area contributed by atoms with Crippen LogP contribution in [-0.4, -0.2) is 23.2 Å². The molecule has 0 aromatic heterocycles. The van der Waals surface area contributed by atoms with E-state index in [0.717, 1.165) is 24.3 Å². The van der Waals surface area contributed by atoms with Gasteiger partial charge in [0.05, 0.1) is 0 Å². The van der Waals surface area contributed by atoms with Gasteiger partial charge in [-0.05, 0) is 19.1 Å². The first-order chi connectivity index (χ1) is 6.57. The molecule has 4 heteroatoms. The highest BCUT2D eigenvalue weighted by Crippen LogP contribution is 2.14. The van der Waals surface area contributed by atoms with Gasteiger partial charge in [-0.1, -0.05) is 13.3 Å². The number of nitrogens with two attached hydrogens (primary N) is 1. The van der Waals surface area contributed by atoms with Crippen LogP contribution >= 0.6 is 11.8 Å². The zero-order valence-electron chi connectivity index (χ0n) is 8.91. The third-order valence-corrected chi connectivity index (χ3v) is 3.20. The smallest absolute Gasteiger partial charge is 0.218 e. The number of hydrogen-bond donors (Lipinski definition) is 1. The molecule has 0 spiro atoms. The van der Waals surface area contributed by atoms with Gasteiger partial charge in [0.2, 0.25) is 5.91 Å². The summed E-state index contributed by atoms with van der Waals surface area (Å²) in [6.45, 7) is 3.65. The summed E-state index contributed by atoms with van der Waals surface area (Å²) in [5.41, 5.74) is 5.06. The normalized spacial score (nSPS) is 12.4. The highest BCUT2D eigenvalue weighted by Gasteiger charge is 2.16. The maximum absolute atomic E-state index is 11.1. The lowest BCUT2D eigenvalue weighted by molar-refractivity contribution is -0.125. The van der Waals surface area contributed by atoms with E-state index >= 15 is 0 Å². The zero-order chi connectivity index (χ0) is 11.0. The summed E-state index contributed by atoms with van der Waals surface area (Å²) in [7, 11) is 0. The van der Waals surface area contributed by atoms with Gasteiger partial charge >= 0.3 is 0 Å². The highest BCUT2D eigenvalue weighted by atomic mass is 32.2. The van der Waals surface area contributed by atoms with Crippen molar-refractivity contribution in [2.75, 3.05) is 11.5 Å². The number of unbranched alkanes of at least 4 members (excludes halogenated alkanes) is 1. The van der Waals surface area contributed by atoms with Gasteiger partial charge in [-0.25, -0.2) is 0 Å². The molecule has 0 aliphatic rings. The van der Waals surface area contributed by atoms with Gasteiger partial charge in [0, 0.05) is 18.1 Å². The van der Waals surface area contributed by atoms with Crippen LogP contribution in [0.5, 0.6) is 0 Å². The summed E-state index contributed by atoms with van der Waals surface area (Å²) < 4.78 is 0. The molecule has 1 unspecified atom stereocenters. The van der Waals surface area contributed by atoms with Crippen molar-refractivity contribution in [2.24, 2.45) is 11.7 Å². The molecule has 0 rings (SSSR count). The summed E-state index contributed by atoms with van der Waals surface area (Å²) >= 11 is 1.73. The predicted molar refractivity (Wildman–Crippen MR) is 60.2 cm³/mol. The molecule has 0 aliphatic carbocycles. The van der Waals surface area contributed by atoms with E-state index in [1.165, 1.54) is 6.92 Å². The summed E-state index contributed by atoms with van der Waals surface area (Å²) in [6, 6.07) is 0. The van der Waals surface area contributed by atoms with Crippen LogP contribution in [0.3, 0.4) is 0 Å². The van der Waals surface area contributed by atoms with Crippen LogP contribution in [0.15, 0.2) is 0 Å². The number of primary amides is 1. The van der Waals surface area contributed by atoms with Gasteiger partial charge in [-0.3, -0.25) is 9.59 Å². The zero-order valence-corrected chi connectivity index (χ0v) is 9.73. The van der Waals surface area contributed by atoms with Gasteiger partial charge in [0.25, 0.3) is 0 Å². The van der Waals surface area contributed by atoms with E-state index in [4.69, 9.17) is 5.73 Å². The molecule has 0 saturated carbocycles. The minimum absolute atomic E-state index is 0.0628. The lowest BCUT2D eigenvalue weighted by Crippen LogP contribution is -2.23. The summed E-state index contributed by atoms with van der Waals surface area (Å²) in [6.07, 6.45) is 2.51. The van der Waals surface area contributed by atoms with Crippen molar-refractivity contribution in [1.29, 1.82) is 0 Å². The van der Waals surface area contributed by atoms with Crippen LogP contribution in [0.1, 0.15) is 33.1 Å². The minimum atomic E-state index is -0.388. The standard InChI is InChI=1S/C10H19NO2S/c1-3-4-5-14-7-9(8(2)12)6-10(11)13/h9H,3-7H2,1-2H3,(H2,11,13). The van der Waals surface area contributed by atoms with Gasteiger partial charge in [-0.15, -0.1) is 0 Å². The first-order valence-corrected chi connectivity index (χ1v) is 6.09. The number of amides is 1. The number of carbonyl (C=O) groups excluding carboxylic acids is 2. The van der Waals surface area contributed by atoms with Crippen LogP contribution in [0, 0.1) is 5.92 Å². The quantitative estimate of drug-likeness (QED) is 0.628. The number of thioether (sulfide) groups is 1. The van der Waals surface area contributed by atoms with Crippen LogP contribution in [0.2, 0.25) is 0 Å². The first kappa shape index (κ1) is 13.5. The van der Waals surface area contributed by atoms with Crippen LogP contribution in [0.4, 0.5) is 0 Å². The third-order valence-electron chi connectivity index (χ3n) is 1.98. The van der Waals surface area contributed by atoms with Crippen LogP contribution in [-0.2, 0) is 9.59 Å². The Kier molecular flexibility index (Phi) is 7.57. The van der Waals surface area contributed by atoms with E-state index in [1.54, 1.807) is 11.8 Å². The molecule has 2 N–H and O–H groups in total. The Morgan fingerprint density at radius 1 is 1.43 bits per heavy atom. The second kappa shape index (κ2) is 7.85. The molecule has 3 nitrogen and oxygen atoms in total. The Balaban J connectivity index is 3.74. The second-order valence-electron chi connectivity index (χ2n) is 3.41. The van der Waals surface area contributed by atoms with Crippen LogP contribution in [0.25, 0.3) is 0 Å². The van der Waals surface area contributed by atoms with Crippen molar-refractivity contribution in [2.45, 2.75) is 33.1 Å². The molecule has 0 aromatic carbocycles. The van der Waals surface area contributed by atoms with Crippen molar-refractivity contribution in [1.82, 2.24) is 0 Å². The number of hydrogen-bond acceptors (Lipinski definition) is 3. The molecule has 0 bridgehead atoms. The van der Waals surface area contributed by atoms with Crippen molar-refractivity contribution >= 4 is 23.5 Å². The van der Waals surface area contributed by atoms with E-state index in [1.807, 2.05) is 0 Å². The fraction of sp³-hybridized carbons (Fsp3) is 0.800. The monoisotopic (exact) mass is 217 g/mol. The molecule has 82 valence electrons. The molecule has 0 aromatic rings. The van der Waals surface area contributed by atoms with Crippen LogP contribution < -0.4 is 5.73 Å². The maximum atomic E-state index is 11.1. The topological polar surface area (TPSA) is 60.2 Å². The van der Waals surface area contributed by atoms with E-state index in [9.17, 15) is 9.59 Å². The Morgan fingerprint density at radius 3 is 2.50 bits per heavy atom. The molecule has 1 atom stereocenters. The number of carbonyl (C=O) groups is 2. The fourth-order valence-corrected chi connectivity index (χ4v) is 2.33. The average Bonchev–Trinajstić information content (AvgIpc) is 2.09. The second-order valence-corrected chi connectivity index (χ2v) is 4.56. The summed E-state index contributed by atoms with van der Waals surface area (Å²) in [4.78, 5) is 21.8. The Bertz CT molecular complexity index is 195. The van der Waals surface area contributed by atoms with Crippen molar-refractivity contribution in [3.63, 3.8) is 0 Å². The minimum Gasteiger partial charge on any atom is -0.370 e. The van der Waals surface area contributed by atoms with Gasteiger partial charge < -0.3 is 5.73 Å². The average molecular weight is 217 g/mol. The number of ketones is 1. The van der Waals surface area contributed by atoms with E-state index in [-0.39, 0.29) is 24.0 Å². The third kappa shape index (κ3) is 6.95. The molecular weight excluding hydrogens is 198 g/mol. The van der Waals surface area contributed by atoms with Gasteiger partial charge in [0.1, 0.15) is 5.78 Å². The van der Waals surface area contributed by atoms with Gasteiger partial charge in [0.15, 0.2) is 0 Å². The summed E-state index contributed by atoms with van der Waals surface area (Å²) in [5, 5.41) is 0. The lowest BCUT2D eigenvalue weighted by atomic mass is 10.0. The number of rotatable bonds is 8. The predicted octanol–water partition coefficient (Wildman–Crippen LogP) is 1.60. The van der Waals surface area contributed by atoms with E-state index in [2.05, 4.69) is 6.92 Å². The molecule has 1 amide bonds. The van der Waals surface area contributed by atoms with Crippen molar-refractivity contribution < 1.29 is 9.59 Å². The van der Waals surface area contributed by atoms with E-state index in [0.29, 0.717) is 0 Å². The SMILES string of the molecule is CCCCSCC(CC(N)=O)C(C)=O. The van der Waals surface area contributed by atoms with E-state index < -0.39 is 0 Å². The molecule has 14 heavy (non-hydrogen) atoms. The first-order valence-electron chi connectivity index (χ1n) is 4.94. The molecule has 0 saturated heterocycles. The maximum Gasteiger partial charge on any atom is 0.218 e. The van der Waals surface area contributed by atoms with Gasteiger partial charge in [-0.2, -0.15) is 11.8 Å².